The van der Waals surface area contributed by atoms with E-state index < -0.39 is 0 Å². The van der Waals surface area contributed by atoms with E-state index in [1.165, 1.54) is 0 Å². The molecule has 4 heteroatoms. The maximum absolute atomic E-state index is 8.75. The molecule has 1 N–H and O–H groups in total. The van der Waals surface area contributed by atoms with Crippen molar-refractivity contribution in [2.24, 2.45) is 7.05 Å². The quantitative estimate of drug-likeness (QED) is 0.585. The summed E-state index contributed by atoms with van der Waals surface area (Å²) in [5.41, 5.74) is 1.87. The fourth-order valence-corrected chi connectivity index (χ4v) is 1.26. The van der Waals surface area contributed by atoms with Gasteiger partial charge in [-0.2, -0.15) is 5.10 Å². The normalized spacial score (nSPS) is 10.5. The maximum atomic E-state index is 8.75. The van der Waals surface area contributed by atoms with Crippen molar-refractivity contribution in [3.63, 3.8) is 0 Å². The van der Waals surface area contributed by atoms with Gasteiger partial charge in [-0.1, -0.05) is 17.6 Å². The highest BCUT2D eigenvalue weighted by Crippen LogP contribution is 2.09. The lowest BCUT2D eigenvalue weighted by atomic mass is 9.88. The van der Waals surface area contributed by atoms with Gasteiger partial charge in [0.05, 0.1) is 11.7 Å². The van der Waals surface area contributed by atoms with Crippen LogP contribution in [0.5, 0.6) is 0 Å². The molecule has 0 spiro atoms. The highest BCUT2D eigenvalue weighted by molar-refractivity contribution is 6.45. The Morgan fingerprint density at radius 1 is 1.50 bits per heavy atom. The molecule has 0 aliphatic rings. The molecule has 1 heterocycles. The summed E-state index contributed by atoms with van der Waals surface area (Å²) in [6, 6.07) is 5.68. The van der Waals surface area contributed by atoms with Gasteiger partial charge in [0.25, 0.3) is 0 Å². The molecule has 2 rings (SSSR count). The zero-order valence-corrected chi connectivity index (χ0v) is 6.73. The molecule has 0 atom stereocenters. The minimum Gasteiger partial charge on any atom is -0.450 e. The second-order valence-electron chi connectivity index (χ2n) is 2.72. The predicted octanol–water partition coefficient (Wildman–Crippen LogP) is -0.190. The molecule has 0 aliphatic carbocycles. The third-order valence-electron chi connectivity index (χ3n) is 1.92. The molecule has 2 aromatic rings. The second-order valence-corrected chi connectivity index (χ2v) is 2.72. The number of aryl methyl sites for hydroxylation is 1. The molecule has 0 aliphatic heterocycles. The summed E-state index contributed by atoms with van der Waals surface area (Å²) in [7, 11) is 2.98. The van der Waals surface area contributed by atoms with Crippen molar-refractivity contribution in [1.29, 1.82) is 0 Å². The Hall–Kier alpha value is -1.29. The molecular weight excluding hydrogens is 151 g/mol. The molecule has 0 unspecified atom stereocenters. The van der Waals surface area contributed by atoms with Gasteiger partial charge in [0, 0.05) is 12.4 Å². The monoisotopic (exact) mass is 159 g/mol. The lowest BCUT2D eigenvalue weighted by molar-refractivity contribution is 0.615. The molecular formula is C8H8BN2O. The van der Waals surface area contributed by atoms with Crippen molar-refractivity contribution in [2.45, 2.75) is 0 Å². The first-order chi connectivity index (χ1) is 5.81. The minimum atomic E-state index is 0.801. The number of benzene rings is 1. The third-order valence-corrected chi connectivity index (χ3v) is 1.92. The van der Waals surface area contributed by atoms with E-state index >= 15 is 0 Å². The van der Waals surface area contributed by atoms with E-state index in [2.05, 4.69) is 5.10 Å². The van der Waals surface area contributed by atoms with Gasteiger partial charge in [-0.15, -0.1) is 0 Å². The van der Waals surface area contributed by atoms with Crippen LogP contribution in [-0.4, -0.2) is 22.3 Å². The van der Waals surface area contributed by atoms with E-state index in [-0.39, 0.29) is 0 Å². The Morgan fingerprint density at radius 3 is 3.08 bits per heavy atom. The van der Waals surface area contributed by atoms with Crippen LogP contribution in [0.15, 0.2) is 24.4 Å². The SMILES string of the molecule is Cn1ncc2cc([B]O)ccc21. The van der Waals surface area contributed by atoms with Crippen LogP contribution in [0.3, 0.4) is 0 Å². The average Bonchev–Trinajstić information content (AvgIpc) is 2.47. The molecule has 0 saturated heterocycles. The van der Waals surface area contributed by atoms with Crippen LogP contribution < -0.4 is 5.46 Å². The van der Waals surface area contributed by atoms with Gasteiger partial charge < -0.3 is 5.02 Å². The molecule has 0 amide bonds. The number of hydrogen-bond acceptors (Lipinski definition) is 2. The van der Waals surface area contributed by atoms with E-state index in [1.807, 2.05) is 25.2 Å². The van der Waals surface area contributed by atoms with Crippen LogP contribution in [0.4, 0.5) is 0 Å². The molecule has 0 bridgehead atoms. The van der Waals surface area contributed by atoms with Gasteiger partial charge in [-0.05, 0) is 6.07 Å². The Morgan fingerprint density at radius 2 is 2.33 bits per heavy atom. The van der Waals surface area contributed by atoms with E-state index in [0.29, 0.717) is 0 Å². The molecule has 0 saturated carbocycles. The standard InChI is InChI=1S/C8H8BN2O/c1-11-8-3-2-7(9-12)4-6(8)5-10-11/h2-5,12H,1H3. The van der Waals surface area contributed by atoms with Gasteiger partial charge in [-0.25, -0.2) is 0 Å². The van der Waals surface area contributed by atoms with Crippen LogP contribution in [-0.2, 0) is 7.05 Å². The van der Waals surface area contributed by atoms with Crippen molar-refractivity contribution >= 4 is 23.8 Å². The lowest BCUT2D eigenvalue weighted by Gasteiger charge is -1.95. The zero-order chi connectivity index (χ0) is 8.55. The summed E-state index contributed by atoms with van der Waals surface area (Å²) >= 11 is 0. The second kappa shape index (κ2) is 2.64. The Balaban J connectivity index is 2.69. The summed E-state index contributed by atoms with van der Waals surface area (Å²) in [6.45, 7) is 0. The molecule has 3 nitrogen and oxygen atoms in total. The summed E-state index contributed by atoms with van der Waals surface area (Å²) < 4.78 is 1.80. The smallest absolute Gasteiger partial charge is 0.326 e. The van der Waals surface area contributed by atoms with Crippen LogP contribution in [0.1, 0.15) is 0 Å². The van der Waals surface area contributed by atoms with Gasteiger partial charge in [0.2, 0.25) is 0 Å². The van der Waals surface area contributed by atoms with Gasteiger partial charge in [0.1, 0.15) is 0 Å². The summed E-state index contributed by atoms with van der Waals surface area (Å²) in [4.78, 5) is 0. The van der Waals surface area contributed by atoms with Gasteiger partial charge >= 0.3 is 7.48 Å². The zero-order valence-electron chi connectivity index (χ0n) is 6.73. The molecule has 12 heavy (non-hydrogen) atoms. The maximum Gasteiger partial charge on any atom is 0.326 e. The van der Waals surface area contributed by atoms with E-state index in [9.17, 15) is 0 Å². The number of rotatable bonds is 1. The summed E-state index contributed by atoms with van der Waals surface area (Å²) in [5, 5.41) is 13.9. The first-order valence-corrected chi connectivity index (χ1v) is 3.70. The highest BCUT2D eigenvalue weighted by Gasteiger charge is 2.00. The first kappa shape index (κ1) is 7.37. The number of aromatic nitrogens is 2. The fraction of sp³-hybridized carbons (Fsp3) is 0.125. The highest BCUT2D eigenvalue weighted by atomic mass is 16.2. The first-order valence-electron chi connectivity index (χ1n) is 3.70. The molecule has 59 valence electrons. The average molecular weight is 159 g/mol. The van der Waals surface area contributed by atoms with E-state index in [1.54, 1.807) is 10.9 Å². The number of hydrogen-bond donors (Lipinski definition) is 1. The lowest BCUT2D eigenvalue weighted by Crippen LogP contribution is -2.12. The van der Waals surface area contributed by atoms with Crippen molar-refractivity contribution in [3.8, 4) is 0 Å². The summed E-state index contributed by atoms with van der Waals surface area (Å²) in [5.74, 6) is 0. The van der Waals surface area contributed by atoms with Crippen LogP contribution >= 0.6 is 0 Å². The van der Waals surface area contributed by atoms with Crippen LogP contribution in [0.25, 0.3) is 10.9 Å². The molecule has 0 fully saturated rings. The molecule has 1 aromatic carbocycles. The Kier molecular flexibility index (Phi) is 1.62. The molecule has 1 aromatic heterocycles. The largest absolute Gasteiger partial charge is 0.450 e. The number of nitrogens with zero attached hydrogens (tertiary/aromatic N) is 2. The van der Waals surface area contributed by atoms with Crippen molar-refractivity contribution in [2.75, 3.05) is 0 Å². The Labute approximate surface area is 70.9 Å². The summed E-state index contributed by atoms with van der Waals surface area (Å²) in [6.07, 6.45) is 1.78. The topological polar surface area (TPSA) is 38.0 Å². The minimum absolute atomic E-state index is 0.801. The fourth-order valence-electron chi connectivity index (χ4n) is 1.26. The van der Waals surface area contributed by atoms with Gasteiger partial charge in [0.15, 0.2) is 0 Å². The van der Waals surface area contributed by atoms with Gasteiger partial charge in [-0.3, -0.25) is 4.68 Å². The number of fused-ring (bicyclic) bond motifs is 1. The van der Waals surface area contributed by atoms with Crippen molar-refractivity contribution in [3.05, 3.63) is 24.4 Å². The molecule has 1 radical (unpaired) electrons. The van der Waals surface area contributed by atoms with Crippen molar-refractivity contribution < 1.29 is 5.02 Å². The Bertz CT molecular complexity index is 410. The third kappa shape index (κ3) is 1.01. The van der Waals surface area contributed by atoms with Crippen LogP contribution in [0.2, 0.25) is 0 Å². The predicted molar refractivity (Wildman–Crippen MR) is 48.3 cm³/mol. The van der Waals surface area contributed by atoms with E-state index in [4.69, 9.17) is 5.02 Å². The van der Waals surface area contributed by atoms with Crippen molar-refractivity contribution in [1.82, 2.24) is 9.78 Å². The van der Waals surface area contributed by atoms with E-state index in [0.717, 1.165) is 23.8 Å². The van der Waals surface area contributed by atoms with Crippen LogP contribution in [0, 0.1) is 0 Å².